The van der Waals surface area contributed by atoms with Crippen LogP contribution in [0.3, 0.4) is 0 Å². The highest BCUT2D eigenvalue weighted by atomic mass is 32.1. The van der Waals surface area contributed by atoms with Crippen LogP contribution >= 0.6 is 11.3 Å². The summed E-state index contributed by atoms with van der Waals surface area (Å²) < 4.78 is 0. The molecule has 0 bridgehead atoms. The number of thiazole rings is 1. The van der Waals surface area contributed by atoms with Gasteiger partial charge < -0.3 is 5.32 Å². The average Bonchev–Trinajstić information content (AvgIpc) is 2.61. The lowest BCUT2D eigenvalue weighted by molar-refractivity contribution is 0.214. The van der Waals surface area contributed by atoms with Gasteiger partial charge in [0.25, 0.3) is 0 Å². The standard InChI is InChI=1S/C14H24N2S/c1-14(2,3)11-5-4-6-12(8-7-11)16-13-15-9-10-17-13/h9-12H,4-8H2,1-3H3,(H,15,16). The lowest BCUT2D eigenvalue weighted by Crippen LogP contribution is -2.21. The minimum Gasteiger partial charge on any atom is -0.359 e. The molecule has 96 valence electrons. The van der Waals surface area contributed by atoms with Gasteiger partial charge in [-0.3, -0.25) is 0 Å². The maximum atomic E-state index is 4.32. The topological polar surface area (TPSA) is 24.9 Å². The van der Waals surface area contributed by atoms with Gasteiger partial charge in [0.15, 0.2) is 5.13 Å². The molecule has 2 nitrogen and oxygen atoms in total. The molecule has 1 aliphatic carbocycles. The monoisotopic (exact) mass is 252 g/mol. The van der Waals surface area contributed by atoms with Crippen LogP contribution in [-0.2, 0) is 0 Å². The Morgan fingerprint density at radius 2 is 2.06 bits per heavy atom. The quantitative estimate of drug-likeness (QED) is 0.781. The van der Waals surface area contributed by atoms with Crippen molar-refractivity contribution in [3.63, 3.8) is 0 Å². The van der Waals surface area contributed by atoms with E-state index < -0.39 is 0 Å². The molecule has 1 aromatic heterocycles. The molecular weight excluding hydrogens is 228 g/mol. The molecule has 1 aromatic rings. The number of anilines is 1. The molecule has 1 fully saturated rings. The number of aromatic nitrogens is 1. The predicted molar refractivity (Wildman–Crippen MR) is 75.6 cm³/mol. The van der Waals surface area contributed by atoms with Gasteiger partial charge in [0.05, 0.1) is 0 Å². The number of nitrogens with one attached hydrogen (secondary N) is 1. The average molecular weight is 252 g/mol. The highest BCUT2D eigenvalue weighted by molar-refractivity contribution is 7.13. The normalized spacial score (nSPS) is 26.5. The van der Waals surface area contributed by atoms with Crippen molar-refractivity contribution < 1.29 is 0 Å². The molecule has 0 aromatic carbocycles. The molecule has 3 heteroatoms. The van der Waals surface area contributed by atoms with Crippen molar-refractivity contribution in [2.24, 2.45) is 11.3 Å². The van der Waals surface area contributed by atoms with Gasteiger partial charge in [-0.1, -0.05) is 27.2 Å². The van der Waals surface area contributed by atoms with Crippen molar-refractivity contribution in [1.29, 1.82) is 0 Å². The van der Waals surface area contributed by atoms with E-state index in [-0.39, 0.29) is 0 Å². The van der Waals surface area contributed by atoms with E-state index in [2.05, 4.69) is 31.1 Å². The summed E-state index contributed by atoms with van der Waals surface area (Å²) in [6.45, 7) is 7.14. The first-order valence-electron chi connectivity index (χ1n) is 6.72. The summed E-state index contributed by atoms with van der Waals surface area (Å²) in [6.07, 6.45) is 8.56. The molecule has 0 saturated heterocycles. The molecule has 2 unspecified atom stereocenters. The Morgan fingerprint density at radius 3 is 2.71 bits per heavy atom. The Kier molecular flexibility index (Phi) is 4.08. The van der Waals surface area contributed by atoms with Gasteiger partial charge in [-0.25, -0.2) is 4.98 Å². The first-order chi connectivity index (χ1) is 8.05. The van der Waals surface area contributed by atoms with E-state index in [0.717, 1.165) is 11.0 Å². The molecule has 0 spiro atoms. The number of hydrogen-bond donors (Lipinski definition) is 1. The number of hydrogen-bond acceptors (Lipinski definition) is 3. The van der Waals surface area contributed by atoms with Crippen LogP contribution in [-0.4, -0.2) is 11.0 Å². The van der Waals surface area contributed by atoms with Gasteiger partial charge in [-0.05, 0) is 37.0 Å². The lowest BCUT2D eigenvalue weighted by Gasteiger charge is -2.29. The molecule has 1 N–H and O–H groups in total. The second-order valence-electron chi connectivity index (χ2n) is 6.25. The van der Waals surface area contributed by atoms with Crippen LogP contribution in [0, 0.1) is 11.3 Å². The predicted octanol–water partition coefficient (Wildman–Crippen LogP) is 4.55. The Labute approximate surface area is 109 Å². The molecule has 1 aliphatic rings. The summed E-state index contributed by atoms with van der Waals surface area (Å²) in [7, 11) is 0. The lowest BCUT2D eigenvalue weighted by atomic mass is 9.76. The zero-order chi connectivity index (χ0) is 12.3. The largest absolute Gasteiger partial charge is 0.359 e. The SMILES string of the molecule is CC(C)(C)C1CCCC(Nc2nccs2)CC1. The summed E-state index contributed by atoms with van der Waals surface area (Å²) in [4.78, 5) is 4.32. The van der Waals surface area contributed by atoms with Crippen LogP contribution in [0.2, 0.25) is 0 Å². The van der Waals surface area contributed by atoms with Crippen LogP contribution < -0.4 is 5.32 Å². The number of rotatable bonds is 2. The smallest absolute Gasteiger partial charge is 0.182 e. The van der Waals surface area contributed by atoms with E-state index in [1.54, 1.807) is 11.3 Å². The van der Waals surface area contributed by atoms with Crippen molar-refractivity contribution >= 4 is 16.5 Å². The van der Waals surface area contributed by atoms with E-state index in [1.165, 1.54) is 32.1 Å². The van der Waals surface area contributed by atoms with Crippen LogP contribution in [0.1, 0.15) is 52.9 Å². The molecule has 0 aliphatic heterocycles. The summed E-state index contributed by atoms with van der Waals surface area (Å²) >= 11 is 1.71. The van der Waals surface area contributed by atoms with Gasteiger partial charge in [-0.2, -0.15) is 0 Å². The molecule has 1 saturated carbocycles. The summed E-state index contributed by atoms with van der Waals surface area (Å²) in [5.41, 5.74) is 0.468. The zero-order valence-corrected chi connectivity index (χ0v) is 12.0. The van der Waals surface area contributed by atoms with E-state index in [1.807, 2.05) is 11.6 Å². The molecule has 2 rings (SSSR count). The summed E-state index contributed by atoms with van der Waals surface area (Å²) in [5, 5.41) is 6.71. The second-order valence-corrected chi connectivity index (χ2v) is 7.14. The van der Waals surface area contributed by atoms with E-state index >= 15 is 0 Å². The fourth-order valence-corrected chi connectivity index (χ4v) is 3.39. The maximum absolute atomic E-state index is 4.32. The van der Waals surface area contributed by atoms with Gasteiger partial charge in [0, 0.05) is 17.6 Å². The minimum absolute atomic E-state index is 0.468. The van der Waals surface area contributed by atoms with Gasteiger partial charge in [0.1, 0.15) is 0 Å². The van der Waals surface area contributed by atoms with Crippen LogP contribution in [0.5, 0.6) is 0 Å². The van der Waals surface area contributed by atoms with Crippen LogP contribution in [0.4, 0.5) is 5.13 Å². The third kappa shape index (κ3) is 3.70. The van der Waals surface area contributed by atoms with Crippen LogP contribution in [0.25, 0.3) is 0 Å². The maximum Gasteiger partial charge on any atom is 0.182 e. The third-order valence-corrected chi connectivity index (χ3v) is 4.66. The van der Waals surface area contributed by atoms with Gasteiger partial charge in [-0.15, -0.1) is 11.3 Å². The molecule has 1 heterocycles. The second kappa shape index (κ2) is 5.38. The molecule has 0 radical (unpaired) electrons. The Bertz CT molecular complexity index is 326. The Balaban J connectivity index is 1.88. The molecule has 2 atom stereocenters. The first-order valence-corrected chi connectivity index (χ1v) is 7.59. The van der Waals surface area contributed by atoms with Crippen molar-refractivity contribution in [3.05, 3.63) is 11.6 Å². The Morgan fingerprint density at radius 1 is 1.24 bits per heavy atom. The fraction of sp³-hybridized carbons (Fsp3) is 0.786. The highest BCUT2D eigenvalue weighted by Gasteiger charge is 2.27. The highest BCUT2D eigenvalue weighted by Crippen LogP contribution is 2.37. The van der Waals surface area contributed by atoms with Crippen molar-refractivity contribution in [2.75, 3.05) is 5.32 Å². The van der Waals surface area contributed by atoms with E-state index in [9.17, 15) is 0 Å². The summed E-state index contributed by atoms with van der Waals surface area (Å²) in [5.74, 6) is 0.880. The molecule has 0 amide bonds. The minimum atomic E-state index is 0.468. The van der Waals surface area contributed by atoms with Gasteiger partial charge in [0.2, 0.25) is 0 Å². The van der Waals surface area contributed by atoms with Crippen molar-refractivity contribution in [3.8, 4) is 0 Å². The number of nitrogens with zero attached hydrogens (tertiary/aromatic N) is 1. The van der Waals surface area contributed by atoms with E-state index in [0.29, 0.717) is 11.5 Å². The van der Waals surface area contributed by atoms with Crippen molar-refractivity contribution in [2.45, 2.75) is 58.9 Å². The van der Waals surface area contributed by atoms with Crippen LogP contribution in [0.15, 0.2) is 11.6 Å². The third-order valence-electron chi connectivity index (χ3n) is 3.95. The van der Waals surface area contributed by atoms with E-state index in [4.69, 9.17) is 0 Å². The molecule has 17 heavy (non-hydrogen) atoms. The Hall–Kier alpha value is -0.570. The zero-order valence-electron chi connectivity index (χ0n) is 11.2. The molecular formula is C14H24N2S. The van der Waals surface area contributed by atoms with Crippen molar-refractivity contribution in [1.82, 2.24) is 4.98 Å². The van der Waals surface area contributed by atoms with Gasteiger partial charge >= 0.3 is 0 Å². The first kappa shape index (κ1) is 12.9. The fourth-order valence-electron chi connectivity index (χ4n) is 2.78. The summed E-state index contributed by atoms with van der Waals surface area (Å²) in [6, 6.07) is 0.633.